The number of nitrogens with zero attached hydrogens (tertiary/aromatic N) is 3. The predicted molar refractivity (Wildman–Crippen MR) is 113 cm³/mol. The smallest absolute Gasteiger partial charge is 0.255 e. The maximum absolute atomic E-state index is 12.6. The summed E-state index contributed by atoms with van der Waals surface area (Å²) in [4.78, 5) is 23.6. The maximum atomic E-state index is 12.6. The van der Waals surface area contributed by atoms with Gasteiger partial charge in [-0.25, -0.2) is 9.97 Å². The molecule has 0 unspecified atom stereocenters. The zero-order valence-corrected chi connectivity index (χ0v) is 16.8. The summed E-state index contributed by atoms with van der Waals surface area (Å²) in [5, 5.41) is 6.36. The van der Waals surface area contributed by atoms with Gasteiger partial charge in [-0.05, 0) is 30.9 Å². The van der Waals surface area contributed by atoms with Gasteiger partial charge in [0, 0.05) is 30.2 Å². The van der Waals surface area contributed by atoms with Crippen molar-refractivity contribution in [2.45, 2.75) is 26.3 Å². The van der Waals surface area contributed by atoms with Crippen molar-refractivity contribution in [2.24, 2.45) is 5.92 Å². The molecule has 1 N–H and O–H groups in total. The topological polar surface area (TPSA) is 58.1 Å². The van der Waals surface area contributed by atoms with E-state index >= 15 is 0 Å². The van der Waals surface area contributed by atoms with E-state index in [1.165, 1.54) is 0 Å². The number of likely N-dealkylation sites (tertiary alicyclic amines) is 1. The van der Waals surface area contributed by atoms with Crippen molar-refractivity contribution in [1.29, 1.82) is 0 Å². The molecule has 0 bridgehead atoms. The summed E-state index contributed by atoms with van der Waals surface area (Å²) < 4.78 is 0. The van der Waals surface area contributed by atoms with Crippen molar-refractivity contribution in [3.63, 3.8) is 0 Å². The summed E-state index contributed by atoms with van der Waals surface area (Å²) in [5.41, 5.74) is 2.76. The second-order valence-electron chi connectivity index (χ2n) is 7.27. The van der Waals surface area contributed by atoms with Crippen LogP contribution in [0.15, 0.2) is 54.0 Å². The van der Waals surface area contributed by atoms with Crippen molar-refractivity contribution < 1.29 is 4.79 Å². The van der Waals surface area contributed by atoms with Crippen molar-refractivity contribution in [2.75, 3.05) is 18.4 Å². The summed E-state index contributed by atoms with van der Waals surface area (Å²) >= 11 is 1.64. The van der Waals surface area contributed by atoms with Gasteiger partial charge in [-0.1, -0.05) is 37.3 Å². The van der Waals surface area contributed by atoms with Gasteiger partial charge in [-0.15, -0.1) is 11.3 Å². The lowest BCUT2D eigenvalue weighted by Crippen LogP contribution is -2.37. The molecular formula is C22H24N4OS. The van der Waals surface area contributed by atoms with Crippen LogP contribution in [0.2, 0.25) is 0 Å². The number of benzene rings is 1. The fraction of sp³-hybridized carbons (Fsp3) is 0.318. The highest BCUT2D eigenvalue weighted by Gasteiger charge is 2.21. The van der Waals surface area contributed by atoms with E-state index in [1.807, 2.05) is 35.2 Å². The first-order valence-corrected chi connectivity index (χ1v) is 10.6. The Balaban J connectivity index is 1.34. The Morgan fingerprint density at radius 3 is 2.68 bits per heavy atom. The zero-order valence-electron chi connectivity index (χ0n) is 16.0. The van der Waals surface area contributed by atoms with E-state index in [-0.39, 0.29) is 5.91 Å². The Morgan fingerprint density at radius 1 is 1.18 bits per heavy atom. The van der Waals surface area contributed by atoms with E-state index < -0.39 is 0 Å². The van der Waals surface area contributed by atoms with Crippen LogP contribution in [-0.4, -0.2) is 33.9 Å². The van der Waals surface area contributed by atoms with Gasteiger partial charge < -0.3 is 10.2 Å². The molecule has 5 nitrogen and oxygen atoms in total. The van der Waals surface area contributed by atoms with Crippen LogP contribution in [0.5, 0.6) is 0 Å². The molecule has 0 aliphatic carbocycles. The lowest BCUT2D eigenvalue weighted by atomic mass is 9.99. The number of rotatable bonds is 5. The van der Waals surface area contributed by atoms with E-state index in [9.17, 15) is 4.79 Å². The maximum Gasteiger partial charge on any atom is 0.255 e. The van der Waals surface area contributed by atoms with Gasteiger partial charge >= 0.3 is 0 Å². The highest BCUT2D eigenvalue weighted by Crippen LogP contribution is 2.23. The normalized spacial score (nSPS) is 14.8. The van der Waals surface area contributed by atoms with E-state index in [0.717, 1.165) is 48.0 Å². The van der Waals surface area contributed by atoms with Gasteiger partial charge in [0.1, 0.15) is 10.8 Å². The Hall–Kier alpha value is -2.73. The summed E-state index contributed by atoms with van der Waals surface area (Å²) in [5.74, 6) is 1.54. The number of nitrogens with one attached hydrogen (secondary N) is 1. The quantitative estimate of drug-likeness (QED) is 0.684. The van der Waals surface area contributed by atoms with Crippen LogP contribution in [0, 0.1) is 5.92 Å². The molecule has 1 aliphatic rings. The number of thiazole rings is 1. The molecule has 1 amide bonds. The third-order valence-corrected chi connectivity index (χ3v) is 6.04. The molecule has 1 saturated heterocycles. The molecule has 6 heteroatoms. The summed E-state index contributed by atoms with van der Waals surface area (Å²) in [6, 6.07) is 13.9. The van der Waals surface area contributed by atoms with E-state index in [1.54, 1.807) is 17.5 Å². The first kappa shape index (κ1) is 18.6. The number of pyridine rings is 1. The summed E-state index contributed by atoms with van der Waals surface area (Å²) in [6.45, 7) is 4.53. The molecule has 0 radical (unpaired) electrons. The van der Waals surface area contributed by atoms with Crippen LogP contribution >= 0.6 is 11.3 Å². The highest BCUT2D eigenvalue weighted by molar-refractivity contribution is 7.13. The molecule has 144 valence electrons. The van der Waals surface area contributed by atoms with Crippen molar-refractivity contribution in [1.82, 2.24) is 14.9 Å². The van der Waals surface area contributed by atoms with Crippen molar-refractivity contribution in [3.05, 3.63) is 65.3 Å². The Morgan fingerprint density at radius 2 is 1.96 bits per heavy atom. The fourth-order valence-corrected chi connectivity index (χ4v) is 4.13. The molecule has 1 aromatic carbocycles. The SMILES string of the molecule is CC1CCN(C(=O)c2ccc(NCc3csc(-c4ccccc4)n3)nc2)CC1. The lowest BCUT2D eigenvalue weighted by Gasteiger charge is -2.30. The monoisotopic (exact) mass is 392 g/mol. The molecule has 0 spiro atoms. The third kappa shape index (κ3) is 4.39. The molecule has 3 heterocycles. The fourth-order valence-electron chi connectivity index (χ4n) is 3.30. The summed E-state index contributed by atoms with van der Waals surface area (Å²) in [6.07, 6.45) is 3.83. The number of hydrogen-bond acceptors (Lipinski definition) is 5. The molecule has 1 aliphatic heterocycles. The largest absolute Gasteiger partial charge is 0.364 e. The van der Waals surface area contributed by atoms with Crippen molar-refractivity contribution >= 4 is 23.1 Å². The predicted octanol–water partition coefficient (Wildman–Crippen LogP) is 4.69. The minimum absolute atomic E-state index is 0.0814. The molecule has 0 atom stereocenters. The van der Waals surface area contributed by atoms with Crippen LogP contribution in [0.4, 0.5) is 5.82 Å². The van der Waals surface area contributed by atoms with Crippen LogP contribution in [0.25, 0.3) is 10.6 Å². The number of carbonyl (C=O) groups is 1. The van der Waals surface area contributed by atoms with E-state index in [2.05, 4.69) is 39.7 Å². The van der Waals surface area contributed by atoms with Crippen molar-refractivity contribution in [3.8, 4) is 10.6 Å². The Bertz CT molecular complexity index is 915. The zero-order chi connectivity index (χ0) is 19.3. The van der Waals surface area contributed by atoms with Gasteiger partial charge in [0.25, 0.3) is 5.91 Å². The number of piperidine rings is 1. The first-order chi connectivity index (χ1) is 13.7. The van der Waals surface area contributed by atoms with Gasteiger partial charge in [0.15, 0.2) is 0 Å². The molecule has 4 rings (SSSR count). The second kappa shape index (κ2) is 8.52. The third-order valence-electron chi connectivity index (χ3n) is 5.10. The van der Waals surface area contributed by atoms with Gasteiger partial charge in [-0.2, -0.15) is 0 Å². The van der Waals surface area contributed by atoms with E-state index in [4.69, 9.17) is 0 Å². The minimum atomic E-state index is 0.0814. The Kier molecular flexibility index (Phi) is 5.67. The average molecular weight is 393 g/mol. The Labute approximate surface area is 169 Å². The highest BCUT2D eigenvalue weighted by atomic mass is 32.1. The first-order valence-electron chi connectivity index (χ1n) is 9.68. The lowest BCUT2D eigenvalue weighted by molar-refractivity contribution is 0.0697. The minimum Gasteiger partial charge on any atom is -0.364 e. The standard InChI is InChI=1S/C22H24N4OS/c1-16-9-11-26(12-10-16)22(27)18-7-8-20(23-13-18)24-14-19-15-28-21(25-19)17-5-3-2-4-6-17/h2-8,13,15-16H,9-12,14H2,1H3,(H,23,24). The van der Waals surface area contributed by atoms with Gasteiger partial charge in [0.2, 0.25) is 0 Å². The van der Waals surface area contributed by atoms with Crippen LogP contribution in [-0.2, 0) is 6.54 Å². The number of aromatic nitrogens is 2. The van der Waals surface area contributed by atoms with Gasteiger partial charge in [-0.3, -0.25) is 4.79 Å². The molecule has 1 fully saturated rings. The van der Waals surface area contributed by atoms with Crippen LogP contribution in [0.3, 0.4) is 0 Å². The van der Waals surface area contributed by atoms with Crippen LogP contribution < -0.4 is 5.32 Å². The number of carbonyl (C=O) groups excluding carboxylic acids is 1. The molecule has 2 aromatic heterocycles. The molecule has 0 saturated carbocycles. The molecular weight excluding hydrogens is 368 g/mol. The summed E-state index contributed by atoms with van der Waals surface area (Å²) in [7, 11) is 0. The number of amides is 1. The molecule has 28 heavy (non-hydrogen) atoms. The van der Waals surface area contributed by atoms with Gasteiger partial charge in [0.05, 0.1) is 17.8 Å². The second-order valence-corrected chi connectivity index (χ2v) is 8.13. The number of anilines is 1. The average Bonchev–Trinajstić information content (AvgIpc) is 3.22. The van der Waals surface area contributed by atoms with Crippen LogP contribution in [0.1, 0.15) is 35.8 Å². The number of hydrogen-bond donors (Lipinski definition) is 1. The van der Waals surface area contributed by atoms with E-state index in [0.29, 0.717) is 18.0 Å². The molecule has 3 aromatic rings.